The van der Waals surface area contributed by atoms with Crippen molar-refractivity contribution in [1.29, 1.82) is 0 Å². The quantitative estimate of drug-likeness (QED) is 0.498. The molecule has 0 radical (unpaired) electrons. The highest BCUT2D eigenvalue weighted by atomic mass is 16.6. The van der Waals surface area contributed by atoms with Crippen LogP contribution in [0.5, 0.6) is 0 Å². The van der Waals surface area contributed by atoms with Gasteiger partial charge in [-0.1, -0.05) is 18.2 Å². The Morgan fingerprint density at radius 3 is 1.54 bits per heavy atom. The highest BCUT2D eigenvalue weighted by Crippen LogP contribution is 2.02. The highest BCUT2D eigenvalue weighted by Gasteiger charge is 2.12. The van der Waals surface area contributed by atoms with E-state index in [0.717, 1.165) is 5.82 Å². The molecule has 0 aliphatic heterocycles. The van der Waals surface area contributed by atoms with Crippen LogP contribution in [0.2, 0.25) is 0 Å². The van der Waals surface area contributed by atoms with Gasteiger partial charge in [-0.05, 0) is 36.4 Å². The van der Waals surface area contributed by atoms with Crippen LogP contribution in [0.1, 0.15) is 11.4 Å². The van der Waals surface area contributed by atoms with Crippen LogP contribution in [-0.2, 0) is 27.2 Å². The molecule has 0 aliphatic rings. The van der Waals surface area contributed by atoms with Gasteiger partial charge >= 0.3 is 11.9 Å². The molecule has 0 aliphatic carbocycles. The number of nitrogens with zero attached hydrogens (tertiary/aromatic N) is 4. The summed E-state index contributed by atoms with van der Waals surface area (Å²) >= 11 is 0. The fraction of sp³-hybridized carbons (Fsp3) is 0.190. The van der Waals surface area contributed by atoms with Gasteiger partial charge < -0.3 is 9.64 Å². The number of esters is 2. The number of pyridine rings is 3. The van der Waals surface area contributed by atoms with Gasteiger partial charge in [0.15, 0.2) is 0 Å². The maximum Gasteiger partial charge on any atom is 0.319 e. The first-order valence-electron chi connectivity index (χ1n) is 8.66. The smallest absolute Gasteiger partial charge is 0.319 e. The van der Waals surface area contributed by atoms with Crippen molar-refractivity contribution < 1.29 is 14.3 Å². The standard InChI is InChI=1S/C14H12N2O3.C7H10N2/c17-13(9-11-5-1-3-7-15-11)19-14(18)10-12-6-2-4-8-16-12;1-9(2)7-5-3-4-6-8-7/h1-8H,9-10H2;3-6H,1-2H3. The van der Waals surface area contributed by atoms with E-state index in [4.69, 9.17) is 4.74 Å². The fourth-order valence-electron chi connectivity index (χ4n) is 2.12. The molecular formula is C21H22N4O3. The highest BCUT2D eigenvalue weighted by molar-refractivity contribution is 5.87. The molecule has 3 aromatic rings. The second-order valence-corrected chi connectivity index (χ2v) is 5.92. The molecule has 0 bridgehead atoms. The van der Waals surface area contributed by atoms with Gasteiger partial charge in [-0.3, -0.25) is 19.6 Å². The third-order valence-electron chi connectivity index (χ3n) is 3.44. The Morgan fingerprint density at radius 2 is 1.21 bits per heavy atom. The Hall–Kier alpha value is -3.61. The largest absolute Gasteiger partial charge is 0.393 e. The molecule has 0 atom stereocenters. The number of rotatable bonds is 5. The maximum atomic E-state index is 11.5. The Labute approximate surface area is 164 Å². The van der Waals surface area contributed by atoms with Crippen LogP contribution in [0.3, 0.4) is 0 Å². The zero-order valence-corrected chi connectivity index (χ0v) is 15.9. The lowest BCUT2D eigenvalue weighted by Crippen LogP contribution is -2.17. The molecular weight excluding hydrogens is 356 g/mol. The molecule has 3 aromatic heterocycles. The summed E-state index contributed by atoms with van der Waals surface area (Å²) in [7, 11) is 3.95. The zero-order chi connectivity index (χ0) is 20.2. The van der Waals surface area contributed by atoms with E-state index in [0.29, 0.717) is 11.4 Å². The van der Waals surface area contributed by atoms with Crippen LogP contribution < -0.4 is 4.90 Å². The Kier molecular flexibility index (Phi) is 8.26. The Balaban J connectivity index is 0.000000261. The topological polar surface area (TPSA) is 85.3 Å². The van der Waals surface area contributed by atoms with Gasteiger partial charge in [0.25, 0.3) is 0 Å². The normalized spacial score (nSPS) is 9.64. The molecule has 3 rings (SSSR count). The van der Waals surface area contributed by atoms with E-state index in [9.17, 15) is 9.59 Å². The molecule has 0 amide bonds. The number of anilines is 1. The second-order valence-electron chi connectivity index (χ2n) is 5.92. The van der Waals surface area contributed by atoms with Crippen molar-refractivity contribution in [3.8, 4) is 0 Å². The summed E-state index contributed by atoms with van der Waals surface area (Å²) in [6.07, 6.45) is 4.91. The summed E-state index contributed by atoms with van der Waals surface area (Å²) in [5.74, 6) is -0.225. The first kappa shape index (κ1) is 20.7. The Bertz CT molecular complexity index is 805. The average Bonchev–Trinajstić information content (AvgIpc) is 2.70. The predicted molar refractivity (Wildman–Crippen MR) is 106 cm³/mol. The van der Waals surface area contributed by atoms with Gasteiger partial charge in [0, 0.05) is 32.7 Å². The van der Waals surface area contributed by atoms with E-state index >= 15 is 0 Å². The van der Waals surface area contributed by atoms with Crippen molar-refractivity contribution in [2.45, 2.75) is 12.8 Å². The van der Waals surface area contributed by atoms with Crippen molar-refractivity contribution >= 4 is 17.8 Å². The number of hydrogen-bond acceptors (Lipinski definition) is 7. The molecule has 7 heteroatoms. The van der Waals surface area contributed by atoms with Crippen molar-refractivity contribution in [1.82, 2.24) is 15.0 Å². The Morgan fingerprint density at radius 1 is 0.750 bits per heavy atom. The number of hydrogen-bond donors (Lipinski definition) is 0. The molecule has 0 N–H and O–H groups in total. The zero-order valence-electron chi connectivity index (χ0n) is 15.9. The van der Waals surface area contributed by atoms with E-state index in [1.807, 2.05) is 37.2 Å². The number of ether oxygens (including phenoxy) is 1. The summed E-state index contributed by atoms with van der Waals surface area (Å²) in [5.41, 5.74) is 1.14. The van der Waals surface area contributed by atoms with E-state index < -0.39 is 11.9 Å². The molecule has 0 fully saturated rings. The maximum absolute atomic E-state index is 11.5. The van der Waals surface area contributed by atoms with Crippen molar-refractivity contribution in [3.63, 3.8) is 0 Å². The summed E-state index contributed by atoms with van der Waals surface area (Å²) in [6, 6.07) is 16.3. The molecule has 0 saturated heterocycles. The number of carbonyl (C=O) groups is 2. The van der Waals surface area contributed by atoms with Crippen LogP contribution in [0, 0.1) is 0 Å². The first-order valence-corrected chi connectivity index (χ1v) is 8.66. The average molecular weight is 378 g/mol. The van der Waals surface area contributed by atoms with Crippen molar-refractivity contribution in [2.24, 2.45) is 0 Å². The summed E-state index contributed by atoms with van der Waals surface area (Å²) in [6.45, 7) is 0. The van der Waals surface area contributed by atoms with Crippen molar-refractivity contribution in [3.05, 3.63) is 84.6 Å². The monoisotopic (exact) mass is 378 g/mol. The third-order valence-corrected chi connectivity index (χ3v) is 3.44. The molecule has 0 spiro atoms. The van der Waals surface area contributed by atoms with Crippen LogP contribution in [0.25, 0.3) is 0 Å². The van der Waals surface area contributed by atoms with Crippen LogP contribution in [0.4, 0.5) is 5.82 Å². The number of carbonyl (C=O) groups excluding carboxylic acids is 2. The van der Waals surface area contributed by atoms with E-state index in [-0.39, 0.29) is 12.8 Å². The summed E-state index contributed by atoms with van der Waals surface area (Å²) in [5, 5.41) is 0. The molecule has 3 heterocycles. The lowest BCUT2D eigenvalue weighted by atomic mass is 10.2. The molecule has 0 unspecified atom stereocenters. The van der Waals surface area contributed by atoms with Crippen LogP contribution in [0.15, 0.2) is 73.2 Å². The molecule has 0 saturated carbocycles. The summed E-state index contributed by atoms with van der Waals surface area (Å²) < 4.78 is 4.70. The molecule has 0 aromatic carbocycles. The van der Waals surface area contributed by atoms with Gasteiger partial charge in [0.05, 0.1) is 24.2 Å². The second kappa shape index (κ2) is 11.2. The molecule has 28 heavy (non-hydrogen) atoms. The van der Waals surface area contributed by atoms with E-state index in [1.54, 1.807) is 55.0 Å². The fourth-order valence-corrected chi connectivity index (χ4v) is 2.12. The van der Waals surface area contributed by atoms with Gasteiger partial charge in [-0.15, -0.1) is 0 Å². The predicted octanol–water partition coefficient (Wildman–Crippen LogP) is 2.48. The minimum absolute atomic E-state index is 0.0190. The van der Waals surface area contributed by atoms with Crippen LogP contribution in [-0.4, -0.2) is 41.0 Å². The van der Waals surface area contributed by atoms with E-state index in [2.05, 4.69) is 15.0 Å². The minimum Gasteiger partial charge on any atom is -0.393 e. The summed E-state index contributed by atoms with van der Waals surface area (Å²) in [4.78, 5) is 37.1. The van der Waals surface area contributed by atoms with Gasteiger partial charge in [-0.25, -0.2) is 4.98 Å². The van der Waals surface area contributed by atoms with Gasteiger partial charge in [0.2, 0.25) is 0 Å². The number of aromatic nitrogens is 3. The van der Waals surface area contributed by atoms with Crippen LogP contribution >= 0.6 is 0 Å². The van der Waals surface area contributed by atoms with E-state index in [1.165, 1.54) is 0 Å². The lowest BCUT2D eigenvalue weighted by Gasteiger charge is -2.08. The minimum atomic E-state index is -0.611. The molecule has 144 valence electrons. The van der Waals surface area contributed by atoms with Crippen molar-refractivity contribution in [2.75, 3.05) is 19.0 Å². The van der Waals surface area contributed by atoms with Gasteiger partial charge in [-0.2, -0.15) is 0 Å². The first-order chi connectivity index (χ1) is 13.5. The van der Waals surface area contributed by atoms with Gasteiger partial charge in [0.1, 0.15) is 5.82 Å². The molecule has 7 nitrogen and oxygen atoms in total. The lowest BCUT2D eigenvalue weighted by molar-refractivity contribution is -0.158. The SMILES string of the molecule is CN(C)c1ccccn1.O=C(Cc1ccccn1)OC(=O)Cc1ccccn1. The third kappa shape index (κ3) is 7.74.